The van der Waals surface area contributed by atoms with E-state index in [0.717, 1.165) is 22.3 Å². The third-order valence-corrected chi connectivity index (χ3v) is 3.34. The van der Waals surface area contributed by atoms with Gasteiger partial charge < -0.3 is 10.1 Å². The van der Waals surface area contributed by atoms with E-state index >= 15 is 0 Å². The van der Waals surface area contributed by atoms with Crippen LogP contribution < -0.4 is 5.32 Å². The number of rotatable bonds is 7. The Morgan fingerprint density at radius 1 is 1.37 bits per heavy atom. The van der Waals surface area contributed by atoms with Crippen molar-refractivity contribution in [2.24, 2.45) is 0 Å². The number of anilines is 1. The van der Waals surface area contributed by atoms with Crippen LogP contribution in [0.1, 0.15) is 13.8 Å². The van der Waals surface area contributed by atoms with Crippen molar-refractivity contribution in [2.75, 3.05) is 18.5 Å². The lowest BCUT2D eigenvalue weighted by Gasteiger charge is -2.15. The van der Waals surface area contributed by atoms with Gasteiger partial charge in [0.2, 0.25) is 0 Å². The van der Waals surface area contributed by atoms with E-state index in [-0.39, 0.29) is 0 Å². The molecular weight excluding hydrogens is 260 g/mol. The maximum absolute atomic E-state index is 5.38. The van der Waals surface area contributed by atoms with Crippen LogP contribution in [-0.2, 0) is 4.74 Å². The Labute approximate surface area is 117 Å². The molecule has 2 N–H and O–H groups in total. The van der Waals surface area contributed by atoms with Crippen molar-refractivity contribution in [3.05, 3.63) is 30.6 Å². The van der Waals surface area contributed by atoms with Crippen LogP contribution in [0.3, 0.4) is 0 Å². The zero-order valence-electron chi connectivity index (χ0n) is 11.1. The van der Waals surface area contributed by atoms with Crippen LogP contribution >= 0.6 is 11.8 Å². The summed E-state index contributed by atoms with van der Waals surface area (Å²) in [6.45, 7) is 5.57. The lowest BCUT2D eigenvalue weighted by molar-refractivity contribution is 0.141. The van der Waals surface area contributed by atoms with Gasteiger partial charge in [-0.15, -0.1) is 0 Å². The summed E-state index contributed by atoms with van der Waals surface area (Å²) in [7, 11) is 0. The number of aromatic nitrogens is 3. The number of hydrogen-bond donors (Lipinski definition) is 2. The van der Waals surface area contributed by atoms with Crippen LogP contribution in [0.5, 0.6) is 0 Å². The molecule has 1 aromatic heterocycles. The monoisotopic (exact) mass is 278 g/mol. The summed E-state index contributed by atoms with van der Waals surface area (Å²) in [5.41, 5.74) is 1.09. The van der Waals surface area contributed by atoms with Gasteiger partial charge in [-0.3, -0.25) is 5.10 Å². The van der Waals surface area contributed by atoms with E-state index in [4.69, 9.17) is 4.74 Å². The third kappa shape index (κ3) is 4.57. The molecule has 6 heteroatoms. The van der Waals surface area contributed by atoms with Crippen molar-refractivity contribution in [2.45, 2.75) is 29.9 Å². The third-order valence-electron chi connectivity index (χ3n) is 2.45. The van der Waals surface area contributed by atoms with Crippen molar-refractivity contribution in [1.29, 1.82) is 0 Å². The molecule has 2 aromatic rings. The molecule has 0 aliphatic rings. The lowest BCUT2D eigenvalue weighted by atomic mass is 10.3. The standard InChI is InChI=1S/C13H18N4OS/c1-3-18-8-10(2)16-11-4-6-12(7-5-11)19-13-14-9-15-17-13/h4-7,9-10,16H,3,8H2,1-2H3,(H,14,15,17). The van der Waals surface area contributed by atoms with E-state index in [0.29, 0.717) is 12.6 Å². The Hall–Kier alpha value is -1.53. The Morgan fingerprint density at radius 2 is 2.16 bits per heavy atom. The van der Waals surface area contributed by atoms with E-state index < -0.39 is 0 Å². The van der Waals surface area contributed by atoms with Gasteiger partial charge in [0.25, 0.3) is 0 Å². The van der Waals surface area contributed by atoms with Crippen LogP contribution in [0, 0.1) is 0 Å². The van der Waals surface area contributed by atoms with E-state index in [1.54, 1.807) is 11.8 Å². The summed E-state index contributed by atoms with van der Waals surface area (Å²) < 4.78 is 5.38. The van der Waals surface area contributed by atoms with Gasteiger partial charge in [-0.25, -0.2) is 4.98 Å². The zero-order valence-corrected chi connectivity index (χ0v) is 11.9. The maximum atomic E-state index is 5.38. The van der Waals surface area contributed by atoms with Crippen LogP contribution in [0.2, 0.25) is 0 Å². The summed E-state index contributed by atoms with van der Waals surface area (Å²) in [5, 5.41) is 10.8. The molecule has 1 atom stereocenters. The lowest BCUT2D eigenvalue weighted by Crippen LogP contribution is -2.21. The molecule has 19 heavy (non-hydrogen) atoms. The highest BCUT2D eigenvalue weighted by atomic mass is 32.2. The first-order valence-corrected chi connectivity index (χ1v) is 7.07. The molecule has 0 bridgehead atoms. The molecule has 1 unspecified atom stereocenters. The summed E-state index contributed by atoms with van der Waals surface area (Å²) in [6, 6.07) is 8.53. The van der Waals surface area contributed by atoms with E-state index in [2.05, 4.69) is 51.7 Å². The molecular formula is C13H18N4OS. The molecule has 102 valence electrons. The summed E-state index contributed by atoms with van der Waals surface area (Å²) in [5.74, 6) is 0. The highest BCUT2D eigenvalue weighted by Gasteiger charge is 2.03. The maximum Gasteiger partial charge on any atom is 0.188 e. The highest BCUT2D eigenvalue weighted by molar-refractivity contribution is 7.99. The van der Waals surface area contributed by atoms with E-state index in [9.17, 15) is 0 Å². The second-order valence-electron chi connectivity index (χ2n) is 4.12. The quantitative estimate of drug-likeness (QED) is 0.815. The predicted octanol–water partition coefficient (Wildman–Crippen LogP) is 2.79. The number of H-pyrrole nitrogens is 1. The number of ether oxygens (including phenoxy) is 1. The second kappa shape index (κ2) is 7.16. The van der Waals surface area contributed by atoms with Gasteiger partial charge in [-0.1, -0.05) is 11.8 Å². The Kier molecular flexibility index (Phi) is 5.23. The van der Waals surface area contributed by atoms with Crippen molar-refractivity contribution < 1.29 is 4.74 Å². The molecule has 0 saturated carbocycles. The minimum atomic E-state index is 0.299. The van der Waals surface area contributed by atoms with Crippen molar-refractivity contribution >= 4 is 17.4 Å². The fourth-order valence-corrected chi connectivity index (χ4v) is 2.29. The van der Waals surface area contributed by atoms with Crippen molar-refractivity contribution in [3.8, 4) is 0 Å². The summed E-state index contributed by atoms with van der Waals surface area (Å²) in [6.07, 6.45) is 1.51. The fourth-order valence-electron chi connectivity index (χ4n) is 1.60. The first kappa shape index (κ1) is 13.9. The molecule has 0 amide bonds. The number of aromatic amines is 1. The van der Waals surface area contributed by atoms with Crippen molar-refractivity contribution in [1.82, 2.24) is 15.2 Å². The molecule has 0 aliphatic carbocycles. The number of hydrogen-bond acceptors (Lipinski definition) is 5. The molecule has 5 nitrogen and oxygen atoms in total. The minimum absolute atomic E-state index is 0.299. The molecule has 1 heterocycles. The average molecular weight is 278 g/mol. The molecule has 1 aromatic carbocycles. The molecule has 0 spiro atoms. The van der Waals surface area contributed by atoms with Crippen LogP contribution in [0.25, 0.3) is 0 Å². The molecule has 0 fully saturated rings. The average Bonchev–Trinajstić information content (AvgIpc) is 2.91. The van der Waals surface area contributed by atoms with E-state index in [1.807, 2.05) is 6.92 Å². The smallest absolute Gasteiger partial charge is 0.188 e. The van der Waals surface area contributed by atoms with Gasteiger partial charge in [-0.2, -0.15) is 5.10 Å². The van der Waals surface area contributed by atoms with Gasteiger partial charge in [0, 0.05) is 23.2 Å². The van der Waals surface area contributed by atoms with Crippen LogP contribution in [0.4, 0.5) is 5.69 Å². The van der Waals surface area contributed by atoms with Gasteiger partial charge in [0.05, 0.1) is 6.61 Å². The summed E-state index contributed by atoms with van der Waals surface area (Å²) >= 11 is 1.55. The Bertz CT molecular complexity index is 472. The fraction of sp³-hybridized carbons (Fsp3) is 0.385. The highest BCUT2D eigenvalue weighted by Crippen LogP contribution is 2.25. The van der Waals surface area contributed by atoms with Crippen molar-refractivity contribution in [3.63, 3.8) is 0 Å². The predicted molar refractivity (Wildman–Crippen MR) is 76.5 cm³/mol. The number of nitrogens with zero attached hydrogens (tertiary/aromatic N) is 2. The van der Waals surface area contributed by atoms with Gasteiger partial charge >= 0.3 is 0 Å². The molecule has 2 rings (SSSR count). The molecule has 0 aliphatic heterocycles. The summed E-state index contributed by atoms with van der Waals surface area (Å²) in [4.78, 5) is 5.20. The Morgan fingerprint density at radius 3 is 2.79 bits per heavy atom. The topological polar surface area (TPSA) is 62.8 Å². The van der Waals surface area contributed by atoms with E-state index in [1.165, 1.54) is 6.33 Å². The largest absolute Gasteiger partial charge is 0.380 e. The Balaban J connectivity index is 1.87. The first-order valence-electron chi connectivity index (χ1n) is 6.25. The molecule has 0 radical (unpaired) electrons. The van der Waals surface area contributed by atoms with Crippen LogP contribution in [-0.4, -0.2) is 34.4 Å². The second-order valence-corrected chi connectivity index (χ2v) is 5.18. The number of nitrogens with one attached hydrogen (secondary N) is 2. The van der Waals surface area contributed by atoms with Crippen LogP contribution in [0.15, 0.2) is 40.6 Å². The normalized spacial score (nSPS) is 12.3. The number of benzene rings is 1. The zero-order chi connectivity index (χ0) is 13.5. The molecule has 0 saturated heterocycles. The SMILES string of the molecule is CCOCC(C)Nc1ccc(Sc2ncn[nH]2)cc1. The van der Waals surface area contributed by atoms with Gasteiger partial charge in [-0.05, 0) is 38.1 Å². The van der Waals surface area contributed by atoms with Gasteiger partial charge in [0.15, 0.2) is 5.16 Å². The van der Waals surface area contributed by atoms with Gasteiger partial charge in [0.1, 0.15) is 6.33 Å². The minimum Gasteiger partial charge on any atom is -0.380 e. The first-order chi connectivity index (χ1) is 9.28.